The molecule has 15 heteroatoms. The highest BCUT2D eigenvalue weighted by molar-refractivity contribution is 6.31. The second-order valence-electron chi connectivity index (χ2n) is 17.3. The summed E-state index contributed by atoms with van der Waals surface area (Å²) < 4.78 is 6.35. The number of rotatable bonds is 12. The maximum absolute atomic E-state index is 13.4. The molecular weight excluding hydrogens is 724 g/mol. The molecule has 0 bridgehead atoms. The smallest absolute Gasteiger partial charge is 0.253 e. The molecule has 298 valence electrons. The van der Waals surface area contributed by atoms with Crippen LogP contribution >= 0.6 is 11.6 Å². The number of ether oxygens (including phenoxy) is 1. The van der Waals surface area contributed by atoms with Gasteiger partial charge in [0.25, 0.3) is 5.91 Å². The number of likely N-dealkylation sites (tertiary alicyclic amines) is 1. The zero-order valence-electron chi connectivity index (χ0n) is 32.9. The molecule has 4 amide bonds. The molecule has 3 fully saturated rings. The van der Waals surface area contributed by atoms with Gasteiger partial charge in [-0.25, -0.2) is 4.98 Å². The number of carbonyl (C=O) groups is 4. The van der Waals surface area contributed by atoms with Gasteiger partial charge >= 0.3 is 0 Å². The number of aliphatic hydroxyl groups excluding tert-OH is 1. The number of nitrogens with one attached hydrogen (secondary N) is 2. The van der Waals surface area contributed by atoms with Crippen molar-refractivity contribution in [3.8, 4) is 11.8 Å². The van der Waals surface area contributed by atoms with Gasteiger partial charge in [0.2, 0.25) is 17.7 Å². The van der Waals surface area contributed by atoms with Crippen molar-refractivity contribution in [2.75, 3.05) is 44.2 Å². The third kappa shape index (κ3) is 9.17. The van der Waals surface area contributed by atoms with Gasteiger partial charge in [0, 0.05) is 74.7 Å². The molecule has 3 atom stereocenters. The number of pyridine rings is 1. The fourth-order valence-corrected chi connectivity index (χ4v) is 8.77. The van der Waals surface area contributed by atoms with E-state index in [1.807, 2.05) is 26.8 Å². The number of nitrogens with two attached hydrogens (primary N) is 1. The Morgan fingerprint density at radius 2 is 1.76 bits per heavy atom. The van der Waals surface area contributed by atoms with Crippen molar-refractivity contribution in [3.05, 3.63) is 52.7 Å². The molecular formula is C40H55ClN8O6. The van der Waals surface area contributed by atoms with Crippen LogP contribution in [0.4, 0.5) is 5.82 Å². The average molecular weight is 779 g/mol. The first-order valence-corrected chi connectivity index (χ1v) is 19.3. The van der Waals surface area contributed by atoms with Crippen molar-refractivity contribution in [1.82, 2.24) is 25.4 Å². The van der Waals surface area contributed by atoms with Gasteiger partial charge in [0.1, 0.15) is 35.8 Å². The lowest BCUT2D eigenvalue weighted by molar-refractivity contribution is -0.164. The molecule has 55 heavy (non-hydrogen) atoms. The Morgan fingerprint density at radius 3 is 2.33 bits per heavy atom. The number of β-amino-alcohol motifs (C(OH)–C–C–N with tert-alkyl or cyclic N) is 1. The Kier molecular flexibility index (Phi) is 12.4. The molecule has 5 rings (SSSR count). The predicted octanol–water partition coefficient (Wildman–Crippen LogP) is 3.10. The van der Waals surface area contributed by atoms with E-state index in [0.29, 0.717) is 34.9 Å². The summed E-state index contributed by atoms with van der Waals surface area (Å²) in [6, 6.07) is 8.81. The van der Waals surface area contributed by atoms with Crippen LogP contribution in [0.15, 0.2) is 36.5 Å². The van der Waals surface area contributed by atoms with Crippen molar-refractivity contribution in [3.63, 3.8) is 0 Å². The standard InChI is InChI=1S/C40H55ClN8O6/c1-38(2,3)32(35(54)49-23-26(50)19-29(49)33(43)52)45-31(51)9-8-14-47-15-17-48(18-16-47)30-13-11-25(22-44-30)34(53)46-36-39(4,5)37(40(36,6)7)55-27-12-10-24(21-42)28(41)20-27/h10-13,20,22,26,29,32,36-37,50H,8-9,14-19,23H2,1-7H3,(H2,43,52)(H,45,51)(H,46,53)/t26-,29+,32-,36?,37?/m1/s1. The number of carbonyl (C=O) groups excluding carboxylic acids is 4. The minimum atomic E-state index is -0.896. The van der Waals surface area contributed by atoms with Crippen LogP contribution in [-0.4, -0.2) is 113 Å². The highest BCUT2D eigenvalue weighted by Crippen LogP contribution is 2.55. The SMILES string of the molecule is CC1(C)C(NC(=O)c2ccc(N3CCN(CCCC(=O)N[C@H](C(=O)N4C[C@H](O)C[C@H]4C(N)=O)C(C)(C)C)CC3)nc2)C(C)(C)C1Oc1ccc(C#N)c(Cl)c1. The van der Waals surface area contributed by atoms with E-state index in [4.69, 9.17) is 22.1 Å². The Labute approximate surface area is 328 Å². The molecule has 1 aromatic heterocycles. The molecule has 0 radical (unpaired) electrons. The lowest BCUT2D eigenvalue weighted by atomic mass is 9.49. The van der Waals surface area contributed by atoms with E-state index < -0.39 is 35.4 Å². The van der Waals surface area contributed by atoms with Crippen molar-refractivity contribution in [2.24, 2.45) is 22.0 Å². The first-order chi connectivity index (χ1) is 25.7. The second kappa shape index (κ2) is 16.3. The number of hydrogen-bond acceptors (Lipinski definition) is 10. The van der Waals surface area contributed by atoms with Crippen LogP contribution in [0.1, 0.15) is 83.7 Å². The maximum atomic E-state index is 13.4. The van der Waals surface area contributed by atoms with Gasteiger partial charge < -0.3 is 36.0 Å². The van der Waals surface area contributed by atoms with E-state index in [-0.39, 0.29) is 54.2 Å². The number of nitrogens with zero attached hydrogens (tertiary/aromatic N) is 5. The van der Waals surface area contributed by atoms with Gasteiger partial charge in [-0.1, -0.05) is 60.1 Å². The van der Waals surface area contributed by atoms with Crippen LogP contribution in [0.3, 0.4) is 0 Å². The molecule has 0 spiro atoms. The quantitative estimate of drug-likeness (QED) is 0.249. The summed E-state index contributed by atoms with van der Waals surface area (Å²) in [5, 5.41) is 25.7. The molecule has 0 unspecified atom stereocenters. The fraction of sp³-hybridized carbons (Fsp3) is 0.600. The van der Waals surface area contributed by atoms with Crippen LogP contribution in [0.2, 0.25) is 5.02 Å². The summed E-state index contributed by atoms with van der Waals surface area (Å²) in [5.74, 6) is -0.184. The minimum Gasteiger partial charge on any atom is -0.489 e. The van der Waals surface area contributed by atoms with E-state index in [0.717, 1.165) is 32.0 Å². The Hall–Kier alpha value is -4.45. The number of anilines is 1. The van der Waals surface area contributed by atoms with E-state index in [2.05, 4.69) is 59.2 Å². The Balaban J connectivity index is 1.06. The van der Waals surface area contributed by atoms with Crippen LogP contribution < -0.4 is 26.0 Å². The summed E-state index contributed by atoms with van der Waals surface area (Å²) in [5.41, 5.74) is 4.94. The monoisotopic (exact) mass is 778 g/mol. The number of aromatic nitrogens is 1. The van der Waals surface area contributed by atoms with Crippen molar-refractivity contribution in [2.45, 2.75) is 98.1 Å². The van der Waals surface area contributed by atoms with Gasteiger partial charge in [-0.3, -0.25) is 24.1 Å². The van der Waals surface area contributed by atoms with Crippen molar-refractivity contribution < 1.29 is 29.0 Å². The molecule has 3 heterocycles. The van der Waals surface area contributed by atoms with Gasteiger partial charge in [-0.15, -0.1) is 0 Å². The Morgan fingerprint density at radius 1 is 1.09 bits per heavy atom. The Bertz CT molecular complexity index is 1780. The molecule has 1 aromatic carbocycles. The predicted molar refractivity (Wildman–Crippen MR) is 208 cm³/mol. The molecule has 1 saturated carbocycles. The van der Waals surface area contributed by atoms with Crippen molar-refractivity contribution in [1.29, 1.82) is 5.26 Å². The second-order valence-corrected chi connectivity index (χ2v) is 17.7. The molecule has 2 aliphatic heterocycles. The van der Waals surface area contributed by atoms with Crippen LogP contribution in [0.5, 0.6) is 5.75 Å². The first-order valence-electron chi connectivity index (χ1n) is 18.9. The highest BCUT2D eigenvalue weighted by Gasteiger charge is 2.64. The molecule has 3 aliphatic rings. The first kappa shape index (κ1) is 41.7. The number of nitriles is 1. The summed E-state index contributed by atoms with van der Waals surface area (Å²) >= 11 is 6.23. The zero-order chi connectivity index (χ0) is 40.5. The minimum absolute atomic E-state index is 0.00434. The van der Waals surface area contributed by atoms with E-state index >= 15 is 0 Å². The zero-order valence-corrected chi connectivity index (χ0v) is 33.7. The largest absolute Gasteiger partial charge is 0.489 e. The van der Waals surface area contributed by atoms with Gasteiger partial charge in [0.05, 0.1) is 22.3 Å². The summed E-state index contributed by atoms with van der Waals surface area (Å²) in [6.07, 6.45) is 1.50. The lowest BCUT2D eigenvalue weighted by Crippen LogP contribution is -2.74. The van der Waals surface area contributed by atoms with Gasteiger partial charge in [-0.05, 0) is 42.6 Å². The third-order valence-electron chi connectivity index (χ3n) is 11.3. The number of aliphatic hydroxyl groups is 1. The van der Waals surface area contributed by atoms with Gasteiger partial charge in [0.15, 0.2) is 0 Å². The molecule has 1 aliphatic carbocycles. The highest BCUT2D eigenvalue weighted by atomic mass is 35.5. The average Bonchev–Trinajstić information content (AvgIpc) is 3.53. The lowest BCUT2D eigenvalue weighted by Gasteiger charge is -2.63. The van der Waals surface area contributed by atoms with E-state index in [1.54, 1.807) is 30.5 Å². The number of amides is 4. The van der Waals surface area contributed by atoms with Crippen molar-refractivity contribution >= 4 is 41.0 Å². The number of piperazine rings is 1. The third-order valence-corrected chi connectivity index (χ3v) is 11.6. The normalized spacial score (nSPS) is 23.9. The van der Waals surface area contributed by atoms with Crippen LogP contribution in [0, 0.1) is 27.6 Å². The topological polar surface area (TPSA) is 194 Å². The van der Waals surface area contributed by atoms with Gasteiger partial charge in [-0.2, -0.15) is 5.26 Å². The summed E-state index contributed by atoms with van der Waals surface area (Å²) in [4.78, 5) is 62.1. The van der Waals surface area contributed by atoms with E-state index in [9.17, 15) is 29.5 Å². The maximum Gasteiger partial charge on any atom is 0.253 e. The molecule has 14 nitrogen and oxygen atoms in total. The number of primary amides is 1. The fourth-order valence-electron chi connectivity index (χ4n) is 8.56. The number of halogens is 1. The summed E-state index contributed by atoms with van der Waals surface area (Å²) in [6.45, 7) is 17.5. The van der Waals surface area contributed by atoms with E-state index in [1.165, 1.54) is 4.90 Å². The van der Waals surface area contributed by atoms with Crippen LogP contribution in [-0.2, 0) is 14.4 Å². The molecule has 5 N–H and O–H groups in total. The summed E-state index contributed by atoms with van der Waals surface area (Å²) in [7, 11) is 0. The molecule has 2 aromatic rings. The van der Waals surface area contributed by atoms with Crippen LogP contribution in [0.25, 0.3) is 0 Å². The number of hydrogen-bond donors (Lipinski definition) is 4. The number of benzene rings is 1. The molecule has 2 saturated heterocycles.